The van der Waals surface area contributed by atoms with Gasteiger partial charge in [-0.15, -0.1) is 0 Å². The molecule has 0 heterocycles. The molecule has 2 rings (SSSR count). The predicted octanol–water partition coefficient (Wildman–Crippen LogP) is 7.02. The Hall–Kier alpha value is 0. The summed E-state index contributed by atoms with van der Waals surface area (Å²) in [4.78, 5) is 0. The summed E-state index contributed by atoms with van der Waals surface area (Å²) in [5.41, 5.74) is 0.777. The molecule has 2 fully saturated rings. The molecule has 1 spiro atoms. The van der Waals surface area contributed by atoms with E-state index in [2.05, 4.69) is 0 Å². The van der Waals surface area contributed by atoms with Crippen molar-refractivity contribution in [3.8, 4) is 0 Å². The van der Waals surface area contributed by atoms with Crippen LogP contribution in [0.25, 0.3) is 0 Å². The van der Waals surface area contributed by atoms with Crippen molar-refractivity contribution in [3.63, 3.8) is 0 Å². The summed E-state index contributed by atoms with van der Waals surface area (Å²) < 4.78 is 0. The highest BCUT2D eigenvalue weighted by Crippen LogP contribution is 2.43. The molecule has 19 heavy (non-hydrogen) atoms. The highest BCUT2D eigenvalue weighted by Gasteiger charge is 2.29. The molecule has 0 bridgehead atoms. The third-order valence-corrected chi connectivity index (χ3v) is 5.83. The lowest BCUT2D eigenvalue weighted by atomic mass is 9.69. The minimum absolute atomic E-state index is 0.777. The van der Waals surface area contributed by atoms with Gasteiger partial charge >= 0.3 is 0 Å². The summed E-state index contributed by atoms with van der Waals surface area (Å²) in [7, 11) is 0. The van der Waals surface area contributed by atoms with Crippen molar-refractivity contribution in [2.45, 2.75) is 116 Å². The molecule has 0 saturated heterocycles. The Morgan fingerprint density at radius 1 is 0.263 bits per heavy atom. The molecule has 2 saturated carbocycles. The summed E-state index contributed by atoms with van der Waals surface area (Å²) in [6.45, 7) is 0. The summed E-state index contributed by atoms with van der Waals surface area (Å²) in [5.74, 6) is 0. The molecule has 0 N–H and O–H groups in total. The first kappa shape index (κ1) is 15.4. The lowest BCUT2D eigenvalue weighted by Gasteiger charge is -2.36. The third-order valence-electron chi connectivity index (χ3n) is 5.83. The zero-order valence-electron chi connectivity index (χ0n) is 13.2. The largest absolute Gasteiger partial charge is 0.0533 e. The number of hydrogen-bond donors (Lipinski definition) is 0. The monoisotopic (exact) mass is 264 g/mol. The number of rotatable bonds is 0. The molecular formula is C19H36. The smallest absolute Gasteiger partial charge is 0.0297 e. The van der Waals surface area contributed by atoms with E-state index < -0.39 is 0 Å². The quantitative estimate of drug-likeness (QED) is 0.441. The summed E-state index contributed by atoms with van der Waals surface area (Å²) >= 11 is 0. The first-order valence-electron chi connectivity index (χ1n) is 9.41. The van der Waals surface area contributed by atoms with Gasteiger partial charge in [-0.05, 0) is 31.1 Å². The van der Waals surface area contributed by atoms with E-state index in [1.54, 1.807) is 25.7 Å². The minimum Gasteiger partial charge on any atom is -0.0533 e. The maximum Gasteiger partial charge on any atom is -0.0297 e. The average molecular weight is 264 g/mol. The second-order valence-electron chi connectivity index (χ2n) is 7.45. The van der Waals surface area contributed by atoms with Crippen molar-refractivity contribution in [3.05, 3.63) is 0 Å². The lowest BCUT2D eigenvalue weighted by Crippen LogP contribution is -2.22. The molecule has 0 aliphatic heterocycles. The van der Waals surface area contributed by atoms with Gasteiger partial charge < -0.3 is 0 Å². The van der Waals surface area contributed by atoms with Crippen LogP contribution in [0.2, 0.25) is 0 Å². The van der Waals surface area contributed by atoms with Crippen LogP contribution in [0.5, 0.6) is 0 Å². The minimum atomic E-state index is 0.777. The fourth-order valence-corrected chi connectivity index (χ4v) is 4.52. The summed E-state index contributed by atoms with van der Waals surface area (Å²) in [6.07, 6.45) is 27.5. The molecule has 0 amide bonds. The normalized spacial score (nSPS) is 27.8. The molecule has 0 nitrogen and oxygen atoms in total. The van der Waals surface area contributed by atoms with Crippen LogP contribution < -0.4 is 0 Å². The van der Waals surface area contributed by atoms with E-state index in [-0.39, 0.29) is 0 Å². The molecule has 2 aliphatic rings. The van der Waals surface area contributed by atoms with Gasteiger partial charge in [0.15, 0.2) is 0 Å². The Balaban J connectivity index is 1.87. The van der Waals surface area contributed by atoms with Crippen molar-refractivity contribution in [1.29, 1.82) is 0 Å². The molecule has 0 aromatic carbocycles. The maximum atomic E-state index is 1.56. The Morgan fingerprint density at radius 3 is 0.737 bits per heavy atom. The van der Waals surface area contributed by atoms with Gasteiger partial charge in [0, 0.05) is 0 Å². The van der Waals surface area contributed by atoms with Gasteiger partial charge in [-0.1, -0.05) is 89.9 Å². The van der Waals surface area contributed by atoms with Crippen LogP contribution in [0.3, 0.4) is 0 Å². The van der Waals surface area contributed by atoms with Crippen molar-refractivity contribution in [1.82, 2.24) is 0 Å². The second kappa shape index (κ2) is 9.03. The third kappa shape index (κ3) is 5.88. The standard InChI is InChI=1S/C19H36/c1-2-4-7-11-15-19(16-12-8-5-3-1)17-13-9-6-10-14-18-19/h1-18H2. The number of hydrogen-bond acceptors (Lipinski definition) is 0. The molecule has 0 aromatic rings. The van der Waals surface area contributed by atoms with Gasteiger partial charge in [-0.2, -0.15) is 0 Å². The topological polar surface area (TPSA) is 0 Å². The van der Waals surface area contributed by atoms with Crippen molar-refractivity contribution in [2.75, 3.05) is 0 Å². The summed E-state index contributed by atoms with van der Waals surface area (Å²) in [5, 5.41) is 0. The molecule has 0 aromatic heterocycles. The SMILES string of the molecule is C1CCCCCC2(CCCCC1)CCCCCCC2. The van der Waals surface area contributed by atoms with E-state index in [0.29, 0.717) is 0 Å². The first-order valence-corrected chi connectivity index (χ1v) is 9.41. The van der Waals surface area contributed by atoms with Gasteiger partial charge in [0.1, 0.15) is 0 Å². The molecule has 112 valence electrons. The maximum absolute atomic E-state index is 1.56. The van der Waals surface area contributed by atoms with Crippen LogP contribution in [0.15, 0.2) is 0 Å². The molecule has 0 atom stereocenters. The lowest BCUT2D eigenvalue weighted by molar-refractivity contribution is 0.162. The van der Waals surface area contributed by atoms with E-state index in [4.69, 9.17) is 0 Å². The second-order valence-corrected chi connectivity index (χ2v) is 7.45. The van der Waals surface area contributed by atoms with Gasteiger partial charge in [0.05, 0.1) is 0 Å². The summed E-state index contributed by atoms with van der Waals surface area (Å²) in [6, 6.07) is 0. The Labute approximate surface area is 121 Å². The Bertz CT molecular complexity index is 196. The van der Waals surface area contributed by atoms with Gasteiger partial charge in [0.25, 0.3) is 0 Å². The van der Waals surface area contributed by atoms with Crippen LogP contribution in [0, 0.1) is 5.41 Å². The van der Waals surface area contributed by atoms with E-state index >= 15 is 0 Å². The van der Waals surface area contributed by atoms with Crippen LogP contribution in [0.1, 0.15) is 116 Å². The van der Waals surface area contributed by atoms with Crippen LogP contribution in [-0.4, -0.2) is 0 Å². The van der Waals surface area contributed by atoms with Gasteiger partial charge in [-0.25, -0.2) is 0 Å². The Kier molecular flexibility index (Phi) is 7.32. The molecule has 0 heteroatoms. The fraction of sp³-hybridized carbons (Fsp3) is 1.00. The highest BCUT2D eigenvalue weighted by atomic mass is 14.3. The molecule has 0 unspecified atom stereocenters. The van der Waals surface area contributed by atoms with Gasteiger partial charge in [0.2, 0.25) is 0 Å². The highest BCUT2D eigenvalue weighted by molar-refractivity contribution is 4.81. The fourth-order valence-electron chi connectivity index (χ4n) is 4.52. The zero-order valence-corrected chi connectivity index (χ0v) is 13.2. The molecule has 0 radical (unpaired) electrons. The van der Waals surface area contributed by atoms with Crippen molar-refractivity contribution < 1.29 is 0 Å². The van der Waals surface area contributed by atoms with E-state index in [1.165, 1.54) is 89.9 Å². The first-order chi connectivity index (χ1) is 9.41. The van der Waals surface area contributed by atoms with Crippen LogP contribution in [0.4, 0.5) is 0 Å². The Morgan fingerprint density at radius 2 is 0.474 bits per heavy atom. The van der Waals surface area contributed by atoms with E-state index in [9.17, 15) is 0 Å². The van der Waals surface area contributed by atoms with Gasteiger partial charge in [-0.3, -0.25) is 0 Å². The molecular weight excluding hydrogens is 228 g/mol. The van der Waals surface area contributed by atoms with Crippen LogP contribution in [-0.2, 0) is 0 Å². The predicted molar refractivity (Wildman–Crippen MR) is 85.5 cm³/mol. The van der Waals surface area contributed by atoms with E-state index in [1.807, 2.05) is 0 Å². The van der Waals surface area contributed by atoms with E-state index in [0.717, 1.165) is 5.41 Å². The van der Waals surface area contributed by atoms with Crippen molar-refractivity contribution in [2.24, 2.45) is 5.41 Å². The zero-order chi connectivity index (χ0) is 13.2. The molecule has 2 aliphatic carbocycles. The van der Waals surface area contributed by atoms with Crippen LogP contribution >= 0.6 is 0 Å². The average Bonchev–Trinajstić information content (AvgIpc) is 2.37. The van der Waals surface area contributed by atoms with Crippen molar-refractivity contribution >= 4 is 0 Å².